The molecule has 0 unspecified atom stereocenters. The van der Waals surface area contributed by atoms with E-state index in [-0.39, 0.29) is 24.3 Å². The molecule has 0 bridgehead atoms. The van der Waals surface area contributed by atoms with Crippen LogP contribution >= 0.6 is 0 Å². The summed E-state index contributed by atoms with van der Waals surface area (Å²) >= 11 is 0. The van der Waals surface area contributed by atoms with E-state index < -0.39 is 23.7 Å². The summed E-state index contributed by atoms with van der Waals surface area (Å²) in [7, 11) is 0. The van der Waals surface area contributed by atoms with Crippen molar-refractivity contribution in [3.8, 4) is 0 Å². The molecular weight excluding hydrogens is 365 g/mol. The van der Waals surface area contributed by atoms with Gasteiger partial charge in [0.2, 0.25) is 0 Å². The summed E-state index contributed by atoms with van der Waals surface area (Å²) in [5, 5.41) is 3.36. The number of hydrogen-bond donors (Lipinski definition) is 1. The Labute approximate surface area is 154 Å². The quantitative estimate of drug-likeness (QED) is 0.672. The highest BCUT2D eigenvalue weighted by atomic mass is 19.4. The first-order valence-corrected chi connectivity index (χ1v) is 8.74. The highest BCUT2D eigenvalue weighted by Gasteiger charge is 2.32. The van der Waals surface area contributed by atoms with E-state index in [2.05, 4.69) is 5.32 Å². The molecule has 1 saturated heterocycles. The van der Waals surface area contributed by atoms with Gasteiger partial charge in [0.1, 0.15) is 0 Å². The van der Waals surface area contributed by atoms with Crippen LogP contribution in [0.4, 0.5) is 22.0 Å². The Kier molecular flexibility index (Phi) is 6.11. The maximum atomic E-state index is 13.0. The molecule has 146 valence electrons. The zero-order valence-electron chi connectivity index (χ0n) is 14.5. The number of alkyl halides is 5. The lowest BCUT2D eigenvalue weighted by atomic mass is 9.94. The lowest BCUT2D eigenvalue weighted by molar-refractivity contribution is -0.137. The lowest BCUT2D eigenvalue weighted by Crippen LogP contribution is -2.39. The average Bonchev–Trinajstić information content (AvgIpc) is 2.66. The van der Waals surface area contributed by atoms with Crippen molar-refractivity contribution in [1.82, 2.24) is 5.32 Å². The molecule has 0 aromatic heterocycles. The molecule has 0 spiro atoms. The number of benzene rings is 2. The molecule has 0 saturated carbocycles. The van der Waals surface area contributed by atoms with Gasteiger partial charge in [0, 0.05) is 5.56 Å². The highest BCUT2D eigenvalue weighted by Crippen LogP contribution is 2.34. The molecular formula is C20H20F5NO. The van der Waals surface area contributed by atoms with Crippen LogP contribution in [0, 0.1) is 0 Å². The van der Waals surface area contributed by atoms with Gasteiger partial charge in [-0.25, -0.2) is 8.78 Å². The molecule has 2 nitrogen and oxygen atoms in total. The highest BCUT2D eigenvalue weighted by molar-refractivity contribution is 5.32. The molecule has 3 rings (SSSR count). The maximum absolute atomic E-state index is 13.0. The molecule has 1 aliphatic rings. The summed E-state index contributed by atoms with van der Waals surface area (Å²) in [6, 6.07) is 12.0. The lowest BCUT2D eigenvalue weighted by Gasteiger charge is -2.33. The molecule has 2 aromatic rings. The SMILES string of the molecule is FC(F)c1cc(CO[C@H]2CCCN[C@H]2c2ccccc2)cc(C(F)(F)F)c1. The second-order valence-electron chi connectivity index (χ2n) is 6.60. The fraction of sp³-hybridized carbons (Fsp3) is 0.400. The normalized spacial score (nSPS) is 20.8. The Bertz CT molecular complexity index is 748. The molecule has 0 aliphatic carbocycles. The van der Waals surface area contributed by atoms with Crippen LogP contribution in [-0.2, 0) is 17.5 Å². The minimum Gasteiger partial charge on any atom is -0.372 e. The Morgan fingerprint density at radius 2 is 1.81 bits per heavy atom. The molecule has 2 atom stereocenters. The largest absolute Gasteiger partial charge is 0.416 e. The zero-order chi connectivity index (χ0) is 19.4. The van der Waals surface area contributed by atoms with Crippen molar-refractivity contribution in [2.75, 3.05) is 6.54 Å². The molecule has 0 amide bonds. The van der Waals surface area contributed by atoms with Gasteiger partial charge in [0.25, 0.3) is 6.43 Å². The van der Waals surface area contributed by atoms with Crippen molar-refractivity contribution in [3.63, 3.8) is 0 Å². The number of ether oxygens (including phenoxy) is 1. The van der Waals surface area contributed by atoms with E-state index in [0.717, 1.165) is 37.1 Å². The third-order valence-corrected chi connectivity index (χ3v) is 4.62. The van der Waals surface area contributed by atoms with Crippen LogP contribution in [0.25, 0.3) is 0 Å². The van der Waals surface area contributed by atoms with Crippen LogP contribution in [0.15, 0.2) is 48.5 Å². The van der Waals surface area contributed by atoms with Crippen LogP contribution in [0.5, 0.6) is 0 Å². The van der Waals surface area contributed by atoms with Gasteiger partial charge in [0.15, 0.2) is 0 Å². The van der Waals surface area contributed by atoms with Crippen LogP contribution in [0.1, 0.15) is 47.6 Å². The third kappa shape index (κ3) is 5.05. The second-order valence-corrected chi connectivity index (χ2v) is 6.60. The van der Waals surface area contributed by atoms with Crippen LogP contribution in [-0.4, -0.2) is 12.6 Å². The van der Waals surface area contributed by atoms with Crippen LogP contribution < -0.4 is 5.32 Å². The van der Waals surface area contributed by atoms with Crippen molar-refractivity contribution < 1.29 is 26.7 Å². The van der Waals surface area contributed by atoms with Crippen molar-refractivity contribution in [2.45, 2.75) is 44.2 Å². The molecule has 1 heterocycles. The fourth-order valence-corrected chi connectivity index (χ4v) is 3.33. The van der Waals surface area contributed by atoms with E-state index in [1.165, 1.54) is 0 Å². The number of piperidine rings is 1. The van der Waals surface area contributed by atoms with E-state index in [0.29, 0.717) is 6.07 Å². The van der Waals surface area contributed by atoms with Crippen molar-refractivity contribution in [2.24, 2.45) is 0 Å². The van der Waals surface area contributed by atoms with Gasteiger partial charge in [-0.15, -0.1) is 0 Å². The Hall–Kier alpha value is -1.99. The average molecular weight is 385 g/mol. The molecule has 0 radical (unpaired) electrons. The molecule has 7 heteroatoms. The smallest absolute Gasteiger partial charge is 0.372 e. The van der Waals surface area contributed by atoms with Gasteiger partial charge in [-0.05, 0) is 48.7 Å². The molecule has 1 N–H and O–H groups in total. The third-order valence-electron chi connectivity index (χ3n) is 4.62. The molecule has 1 fully saturated rings. The predicted molar refractivity (Wildman–Crippen MR) is 91.4 cm³/mol. The molecule has 1 aliphatic heterocycles. The zero-order valence-corrected chi connectivity index (χ0v) is 14.5. The predicted octanol–water partition coefficient (Wildman–Crippen LogP) is 5.65. The van der Waals surface area contributed by atoms with Gasteiger partial charge in [-0.1, -0.05) is 30.3 Å². The summed E-state index contributed by atoms with van der Waals surface area (Å²) in [5.74, 6) is 0. The Morgan fingerprint density at radius 3 is 2.48 bits per heavy atom. The van der Waals surface area contributed by atoms with Gasteiger partial charge in [-0.2, -0.15) is 13.2 Å². The number of rotatable bonds is 5. The standard InChI is InChI=1S/C20H20F5NO/c21-19(22)15-9-13(10-16(11-15)20(23,24)25)12-27-17-7-4-8-26-18(17)14-5-2-1-3-6-14/h1-3,5-6,9-11,17-19,26H,4,7-8,12H2/t17-,18-/m0/s1. The Morgan fingerprint density at radius 1 is 1.07 bits per heavy atom. The first-order chi connectivity index (χ1) is 12.8. The van der Waals surface area contributed by atoms with Crippen molar-refractivity contribution in [3.05, 3.63) is 70.8 Å². The summed E-state index contributed by atoms with van der Waals surface area (Å²) in [4.78, 5) is 0. The van der Waals surface area contributed by atoms with E-state index >= 15 is 0 Å². The van der Waals surface area contributed by atoms with Gasteiger partial charge in [-0.3, -0.25) is 0 Å². The van der Waals surface area contributed by atoms with Gasteiger partial charge >= 0.3 is 6.18 Å². The second kappa shape index (κ2) is 8.35. The topological polar surface area (TPSA) is 21.3 Å². The van der Waals surface area contributed by atoms with Gasteiger partial charge < -0.3 is 10.1 Å². The van der Waals surface area contributed by atoms with Crippen molar-refractivity contribution >= 4 is 0 Å². The first kappa shape index (κ1) is 19.8. The summed E-state index contributed by atoms with van der Waals surface area (Å²) < 4.78 is 70.8. The van der Waals surface area contributed by atoms with E-state index in [1.54, 1.807) is 0 Å². The number of hydrogen-bond acceptors (Lipinski definition) is 2. The van der Waals surface area contributed by atoms with Crippen molar-refractivity contribution in [1.29, 1.82) is 0 Å². The van der Waals surface area contributed by atoms with Crippen LogP contribution in [0.3, 0.4) is 0 Å². The minimum atomic E-state index is -4.68. The number of nitrogens with one attached hydrogen (secondary N) is 1. The number of halogens is 5. The molecule has 27 heavy (non-hydrogen) atoms. The van der Waals surface area contributed by atoms with E-state index in [9.17, 15) is 22.0 Å². The Balaban J connectivity index is 1.77. The molecule has 2 aromatic carbocycles. The fourth-order valence-electron chi connectivity index (χ4n) is 3.33. The summed E-state index contributed by atoms with van der Waals surface area (Å²) in [6.45, 7) is 0.665. The summed E-state index contributed by atoms with van der Waals surface area (Å²) in [5.41, 5.74) is -0.609. The first-order valence-electron chi connectivity index (χ1n) is 8.74. The van der Waals surface area contributed by atoms with Crippen LogP contribution in [0.2, 0.25) is 0 Å². The van der Waals surface area contributed by atoms with Gasteiger partial charge in [0.05, 0.1) is 24.3 Å². The minimum absolute atomic E-state index is 0.0830. The maximum Gasteiger partial charge on any atom is 0.416 e. The monoisotopic (exact) mass is 385 g/mol. The van der Waals surface area contributed by atoms with E-state index in [1.807, 2.05) is 30.3 Å². The summed E-state index contributed by atoms with van der Waals surface area (Å²) in [6.07, 6.45) is -6.28. The van der Waals surface area contributed by atoms with E-state index in [4.69, 9.17) is 4.74 Å².